The number of aryl methyl sites for hydroxylation is 1. The van der Waals surface area contributed by atoms with Crippen molar-refractivity contribution in [1.82, 2.24) is 0 Å². The predicted molar refractivity (Wildman–Crippen MR) is 71.2 cm³/mol. The van der Waals surface area contributed by atoms with Crippen LogP contribution in [0.2, 0.25) is 0 Å². The van der Waals surface area contributed by atoms with E-state index in [0.717, 1.165) is 11.3 Å². The Morgan fingerprint density at radius 1 is 1.61 bits per heavy atom. The number of rotatable bonds is 3. The summed E-state index contributed by atoms with van der Waals surface area (Å²) < 4.78 is 5.37. The molecular formula is C13H19N3O2. The molecule has 0 bridgehead atoms. The van der Waals surface area contributed by atoms with E-state index in [2.05, 4.69) is 4.90 Å². The monoisotopic (exact) mass is 249 g/mol. The molecule has 0 radical (unpaired) electrons. The number of nitrogens with two attached hydrogens (primary N) is 1. The highest BCUT2D eigenvalue weighted by Crippen LogP contribution is 2.25. The zero-order valence-corrected chi connectivity index (χ0v) is 10.5. The highest BCUT2D eigenvalue weighted by Gasteiger charge is 2.25. The average molecular weight is 249 g/mol. The van der Waals surface area contributed by atoms with Crippen molar-refractivity contribution in [3.8, 4) is 0 Å². The van der Waals surface area contributed by atoms with Crippen molar-refractivity contribution in [2.24, 2.45) is 5.73 Å². The van der Waals surface area contributed by atoms with Gasteiger partial charge in [-0.2, -0.15) is 0 Å². The third kappa shape index (κ3) is 2.47. The van der Waals surface area contributed by atoms with Gasteiger partial charge in [0.25, 0.3) is 0 Å². The number of nitrogens with one attached hydrogen (secondary N) is 1. The number of amidine groups is 1. The number of nitrogen functional groups attached to an aromatic ring is 1. The van der Waals surface area contributed by atoms with E-state index in [9.17, 15) is 5.11 Å². The van der Waals surface area contributed by atoms with Crippen LogP contribution in [-0.2, 0) is 4.74 Å². The lowest BCUT2D eigenvalue weighted by Gasteiger charge is -2.37. The van der Waals surface area contributed by atoms with E-state index in [0.29, 0.717) is 25.3 Å². The smallest absolute Gasteiger partial charge is 0.124 e. The Kier molecular flexibility index (Phi) is 3.84. The maximum absolute atomic E-state index is 9.41. The fraction of sp³-hybridized carbons (Fsp3) is 0.462. The largest absolute Gasteiger partial charge is 0.394 e. The average Bonchev–Trinajstić information content (AvgIpc) is 2.38. The molecule has 0 spiro atoms. The number of benzene rings is 1. The van der Waals surface area contributed by atoms with Gasteiger partial charge in [-0.15, -0.1) is 0 Å². The van der Waals surface area contributed by atoms with Gasteiger partial charge in [-0.3, -0.25) is 5.41 Å². The summed E-state index contributed by atoms with van der Waals surface area (Å²) in [6, 6.07) is 5.73. The van der Waals surface area contributed by atoms with Gasteiger partial charge in [-0.1, -0.05) is 6.07 Å². The molecule has 18 heavy (non-hydrogen) atoms. The van der Waals surface area contributed by atoms with Gasteiger partial charge in [0, 0.05) is 17.8 Å². The normalized spacial score (nSPS) is 19.9. The molecule has 5 nitrogen and oxygen atoms in total. The lowest BCUT2D eigenvalue weighted by Crippen LogP contribution is -2.48. The minimum atomic E-state index is -0.0707. The lowest BCUT2D eigenvalue weighted by atomic mass is 10.1. The van der Waals surface area contributed by atoms with Gasteiger partial charge in [0.15, 0.2) is 0 Å². The van der Waals surface area contributed by atoms with Gasteiger partial charge in [0.05, 0.1) is 25.9 Å². The SMILES string of the molecule is Cc1ccc(C(=N)N)c(N2CCOCC2CO)c1. The number of morpholine rings is 1. The van der Waals surface area contributed by atoms with E-state index < -0.39 is 0 Å². The topological polar surface area (TPSA) is 82.6 Å². The van der Waals surface area contributed by atoms with Gasteiger partial charge in [0.1, 0.15) is 5.84 Å². The van der Waals surface area contributed by atoms with Crippen molar-refractivity contribution in [3.63, 3.8) is 0 Å². The standard InChI is InChI=1S/C13H19N3O2/c1-9-2-3-11(13(14)15)12(6-9)16-4-5-18-8-10(16)7-17/h2-3,6,10,17H,4-5,7-8H2,1H3,(H3,14,15). The molecule has 2 rings (SSSR count). The van der Waals surface area contributed by atoms with Crippen molar-refractivity contribution in [2.75, 3.05) is 31.3 Å². The molecule has 1 aliphatic heterocycles. The molecule has 1 saturated heterocycles. The van der Waals surface area contributed by atoms with E-state index in [1.54, 1.807) is 0 Å². The molecule has 1 fully saturated rings. The molecule has 98 valence electrons. The molecular weight excluding hydrogens is 230 g/mol. The lowest BCUT2D eigenvalue weighted by molar-refractivity contribution is 0.0727. The van der Waals surface area contributed by atoms with Crippen molar-refractivity contribution in [1.29, 1.82) is 5.41 Å². The fourth-order valence-electron chi connectivity index (χ4n) is 2.23. The Bertz CT molecular complexity index is 448. The zero-order chi connectivity index (χ0) is 13.1. The Hall–Kier alpha value is -1.59. The molecule has 0 amide bonds. The van der Waals surface area contributed by atoms with Gasteiger partial charge in [-0.25, -0.2) is 0 Å². The first-order valence-electron chi connectivity index (χ1n) is 6.03. The quantitative estimate of drug-likeness (QED) is 0.537. The van der Waals surface area contributed by atoms with E-state index in [1.165, 1.54) is 0 Å². The summed E-state index contributed by atoms with van der Waals surface area (Å²) in [4.78, 5) is 2.08. The van der Waals surface area contributed by atoms with Crippen molar-refractivity contribution in [3.05, 3.63) is 29.3 Å². The highest BCUT2D eigenvalue weighted by molar-refractivity contribution is 6.00. The van der Waals surface area contributed by atoms with Crippen molar-refractivity contribution >= 4 is 11.5 Å². The molecule has 1 atom stereocenters. The molecule has 5 heteroatoms. The van der Waals surface area contributed by atoms with Crippen LogP contribution in [0, 0.1) is 12.3 Å². The second-order valence-electron chi connectivity index (χ2n) is 4.54. The number of hydrogen-bond acceptors (Lipinski definition) is 4. The number of aliphatic hydroxyl groups excluding tert-OH is 1. The van der Waals surface area contributed by atoms with Gasteiger partial charge >= 0.3 is 0 Å². The minimum absolute atomic E-state index is 0.0330. The molecule has 1 aliphatic rings. The van der Waals surface area contributed by atoms with Crippen LogP contribution in [0.3, 0.4) is 0 Å². The summed E-state index contributed by atoms with van der Waals surface area (Å²) in [6.07, 6.45) is 0. The second kappa shape index (κ2) is 5.37. The fourth-order valence-corrected chi connectivity index (χ4v) is 2.23. The highest BCUT2D eigenvalue weighted by atomic mass is 16.5. The van der Waals surface area contributed by atoms with E-state index >= 15 is 0 Å². The molecule has 4 N–H and O–H groups in total. The van der Waals surface area contributed by atoms with Crippen molar-refractivity contribution < 1.29 is 9.84 Å². The Labute approximate surface area is 107 Å². The summed E-state index contributed by atoms with van der Waals surface area (Å²) in [6.45, 7) is 3.87. The van der Waals surface area contributed by atoms with Crippen LogP contribution in [0.25, 0.3) is 0 Å². The van der Waals surface area contributed by atoms with Gasteiger partial charge in [-0.05, 0) is 24.6 Å². The van der Waals surface area contributed by atoms with E-state index in [4.69, 9.17) is 15.9 Å². The van der Waals surface area contributed by atoms with Crippen LogP contribution in [-0.4, -0.2) is 43.3 Å². The zero-order valence-electron chi connectivity index (χ0n) is 10.5. The van der Waals surface area contributed by atoms with Gasteiger partial charge in [0.2, 0.25) is 0 Å². The number of ether oxygens (including phenoxy) is 1. The van der Waals surface area contributed by atoms with Crippen LogP contribution in [0.4, 0.5) is 5.69 Å². The first kappa shape index (κ1) is 12.9. The molecule has 0 saturated carbocycles. The Balaban J connectivity index is 2.41. The molecule has 1 aromatic rings. The molecule has 1 heterocycles. The van der Waals surface area contributed by atoms with Crippen LogP contribution in [0.1, 0.15) is 11.1 Å². The third-order valence-electron chi connectivity index (χ3n) is 3.19. The first-order valence-corrected chi connectivity index (χ1v) is 6.03. The molecule has 0 aliphatic carbocycles. The number of aliphatic hydroxyl groups is 1. The summed E-state index contributed by atoms with van der Waals surface area (Å²) in [5.74, 6) is 0.0492. The number of nitrogens with zero attached hydrogens (tertiary/aromatic N) is 1. The predicted octanol–water partition coefficient (Wildman–Crippen LogP) is 0.477. The summed E-state index contributed by atoms with van der Waals surface area (Å²) in [5.41, 5.74) is 8.35. The van der Waals surface area contributed by atoms with Crippen LogP contribution in [0.15, 0.2) is 18.2 Å². The molecule has 1 aromatic carbocycles. The molecule has 1 unspecified atom stereocenters. The maximum atomic E-state index is 9.41. The van der Waals surface area contributed by atoms with E-state index in [1.807, 2.05) is 25.1 Å². The summed E-state index contributed by atoms with van der Waals surface area (Å²) >= 11 is 0. The second-order valence-corrected chi connectivity index (χ2v) is 4.54. The van der Waals surface area contributed by atoms with Crippen LogP contribution >= 0.6 is 0 Å². The van der Waals surface area contributed by atoms with E-state index in [-0.39, 0.29) is 18.5 Å². The summed E-state index contributed by atoms with van der Waals surface area (Å²) in [7, 11) is 0. The minimum Gasteiger partial charge on any atom is -0.394 e. The number of hydrogen-bond donors (Lipinski definition) is 3. The summed E-state index contributed by atoms with van der Waals surface area (Å²) in [5, 5.41) is 17.1. The third-order valence-corrected chi connectivity index (χ3v) is 3.19. The first-order chi connectivity index (χ1) is 8.63. The Morgan fingerprint density at radius 2 is 2.39 bits per heavy atom. The number of anilines is 1. The van der Waals surface area contributed by atoms with Gasteiger partial charge < -0.3 is 20.5 Å². The molecule has 0 aromatic heterocycles. The Morgan fingerprint density at radius 3 is 3.06 bits per heavy atom. The van der Waals surface area contributed by atoms with Crippen molar-refractivity contribution in [2.45, 2.75) is 13.0 Å². The maximum Gasteiger partial charge on any atom is 0.124 e. The van der Waals surface area contributed by atoms with Crippen LogP contribution in [0.5, 0.6) is 0 Å². The van der Waals surface area contributed by atoms with Crippen LogP contribution < -0.4 is 10.6 Å².